The Bertz CT molecular complexity index is 254. The van der Waals surface area contributed by atoms with Crippen molar-refractivity contribution in [1.29, 1.82) is 0 Å². The van der Waals surface area contributed by atoms with Gasteiger partial charge in [-0.2, -0.15) is 0 Å². The molecular formula is C10H17NO4. The van der Waals surface area contributed by atoms with Gasteiger partial charge in [-0.15, -0.1) is 0 Å². The van der Waals surface area contributed by atoms with E-state index in [1.54, 1.807) is 0 Å². The molecule has 0 aromatic rings. The molecular weight excluding hydrogens is 198 g/mol. The van der Waals surface area contributed by atoms with Crippen LogP contribution >= 0.6 is 0 Å². The normalized spacial score (nSPS) is 23.6. The van der Waals surface area contributed by atoms with E-state index in [0.29, 0.717) is 19.1 Å². The third kappa shape index (κ3) is 3.51. The minimum Gasteiger partial charge on any atom is -0.480 e. The van der Waals surface area contributed by atoms with E-state index in [0.717, 1.165) is 6.42 Å². The highest BCUT2D eigenvalue weighted by Gasteiger charge is 2.41. The van der Waals surface area contributed by atoms with Crippen molar-refractivity contribution in [3.05, 3.63) is 0 Å². The monoisotopic (exact) mass is 215 g/mol. The molecule has 2 atom stereocenters. The Balaban J connectivity index is 2.46. The van der Waals surface area contributed by atoms with Crippen LogP contribution < -0.4 is 0 Å². The van der Waals surface area contributed by atoms with Gasteiger partial charge < -0.3 is 14.7 Å². The van der Waals surface area contributed by atoms with Gasteiger partial charge in [-0.05, 0) is 12.3 Å². The van der Waals surface area contributed by atoms with Crippen molar-refractivity contribution in [3.63, 3.8) is 0 Å². The van der Waals surface area contributed by atoms with E-state index in [2.05, 4.69) is 0 Å². The standard InChI is InChI=1S/C10H17NO4/c1-7-5-8(7)10(14)11(3-4-15-2)6-9(12)13/h7-8H,3-6H2,1-2H3,(H,12,13). The lowest BCUT2D eigenvalue weighted by atomic mass is 10.3. The predicted molar refractivity (Wildman–Crippen MR) is 53.4 cm³/mol. The number of hydrogen-bond donors (Lipinski definition) is 1. The molecule has 0 heterocycles. The summed E-state index contributed by atoms with van der Waals surface area (Å²) >= 11 is 0. The Morgan fingerprint density at radius 3 is 2.53 bits per heavy atom. The summed E-state index contributed by atoms with van der Waals surface area (Å²) in [6.07, 6.45) is 0.877. The molecule has 0 spiro atoms. The van der Waals surface area contributed by atoms with E-state index < -0.39 is 5.97 Å². The average Bonchev–Trinajstić information content (AvgIpc) is 2.88. The lowest BCUT2D eigenvalue weighted by Crippen LogP contribution is -2.39. The first-order valence-corrected chi connectivity index (χ1v) is 5.05. The molecule has 1 rings (SSSR count). The van der Waals surface area contributed by atoms with E-state index in [-0.39, 0.29) is 18.4 Å². The molecule has 0 radical (unpaired) electrons. The smallest absolute Gasteiger partial charge is 0.323 e. The summed E-state index contributed by atoms with van der Waals surface area (Å²) in [6, 6.07) is 0. The predicted octanol–water partition coefficient (Wildman–Crippen LogP) is 0.202. The molecule has 1 aliphatic rings. The van der Waals surface area contributed by atoms with E-state index in [1.807, 2.05) is 6.92 Å². The zero-order chi connectivity index (χ0) is 11.4. The molecule has 15 heavy (non-hydrogen) atoms. The van der Waals surface area contributed by atoms with Crippen molar-refractivity contribution in [2.75, 3.05) is 26.8 Å². The van der Waals surface area contributed by atoms with Crippen LogP contribution in [0.25, 0.3) is 0 Å². The zero-order valence-corrected chi connectivity index (χ0v) is 9.10. The highest BCUT2D eigenvalue weighted by Crippen LogP contribution is 2.39. The Hall–Kier alpha value is -1.10. The number of hydrogen-bond acceptors (Lipinski definition) is 3. The summed E-state index contributed by atoms with van der Waals surface area (Å²) in [5.41, 5.74) is 0. The summed E-state index contributed by atoms with van der Waals surface area (Å²) in [7, 11) is 1.53. The molecule has 5 nitrogen and oxygen atoms in total. The average molecular weight is 215 g/mol. The largest absolute Gasteiger partial charge is 0.480 e. The number of rotatable bonds is 6. The van der Waals surface area contributed by atoms with Crippen LogP contribution in [-0.2, 0) is 14.3 Å². The number of carboxylic acids is 1. The third-order valence-electron chi connectivity index (χ3n) is 2.63. The number of methoxy groups -OCH3 is 1. The van der Waals surface area contributed by atoms with Gasteiger partial charge in [-0.25, -0.2) is 0 Å². The Kier molecular flexibility index (Phi) is 4.08. The van der Waals surface area contributed by atoms with Crippen LogP contribution in [0, 0.1) is 11.8 Å². The molecule has 0 bridgehead atoms. The van der Waals surface area contributed by atoms with Gasteiger partial charge in [0.15, 0.2) is 0 Å². The first kappa shape index (κ1) is 12.0. The van der Waals surface area contributed by atoms with Crippen LogP contribution in [0.2, 0.25) is 0 Å². The van der Waals surface area contributed by atoms with Crippen LogP contribution in [0.1, 0.15) is 13.3 Å². The van der Waals surface area contributed by atoms with Crippen molar-refractivity contribution in [2.24, 2.45) is 11.8 Å². The molecule has 1 amide bonds. The summed E-state index contributed by atoms with van der Waals surface area (Å²) < 4.78 is 4.84. The van der Waals surface area contributed by atoms with Gasteiger partial charge in [0, 0.05) is 19.6 Å². The zero-order valence-electron chi connectivity index (χ0n) is 9.10. The number of carbonyl (C=O) groups is 2. The fourth-order valence-corrected chi connectivity index (χ4v) is 1.53. The van der Waals surface area contributed by atoms with E-state index in [9.17, 15) is 9.59 Å². The fraction of sp³-hybridized carbons (Fsp3) is 0.800. The minimum absolute atomic E-state index is 0.0289. The van der Waals surface area contributed by atoms with Gasteiger partial charge in [0.1, 0.15) is 6.54 Å². The topological polar surface area (TPSA) is 66.8 Å². The van der Waals surface area contributed by atoms with Crippen molar-refractivity contribution >= 4 is 11.9 Å². The lowest BCUT2D eigenvalue weighted by Gasteiger charge is -2.20. The van der Waals surface area contributed by atoms with Gasteiger partial charge in [-0.3, -0.25) is 9.59 Å². The number of carboxylic acid groups (broad SMARTS) is 1. The summed E-state index contributed by atoms with van der Waals surface area (Å²) in [5.74, 6) is -0.604. The highest BCUT2D eigenvalue weighted by atomic mass is 16.5. The maximum atomic E-state index is 11.8. The molecule has 0 aromatic carbocycles. The molecule has 1 saturated carbocycles. The third-order valence-corrected chi connectivity index (χ3v) is 2.63. The summed E-state index contributed by atoms with van der Waals surface area (Å²) in [4.78, 5) is 23.7. The maximum absolute atomic E-state index is 11.8. The van der Waals surface area contributed by atoms with Crippen molar-refractivity contribution < 1.29 is 19.4 Å². The van der Waals surface area contributed by atoms with Crippen LogP contribution in [0.4, 0.5) is 0 Å². The van der Waals surface area contributed by atoms with Gasteiger partial charge in [-0.1, -0.05) is 6.92 Å². The van der Waals surface area contributed by atoms with Crippen LogP contribution in [0.15, 0.2) is 0 Å². The minimum atomic E-state index is -0.979. The number of amides is 1. The Labute approximate surface area is 89.0 Å². The molecule has 86 valence electrons. The second-order valence-electron chi connectivity index (χ2n) is 3.97. The van der Waals surface area contributed by atoms with E-state index in [4.69, 9.17) is 9.84 Å². The Morgan fingerprint density at radius 1 is 1.53 bits per heavy atom. The molecule has 1 fully saturated rings. The van der Waals surface area contributed by atoms with E-state index in [1.165, 1.54) is 12.0 Å². The molecule has 0 aliphatic heterocycles. The van der Waals surface area contributed by atoms with Crippen LogP contribution in [-0.4, -0.2) is 48.7 Å². The number of nitrogens with zero attached hydrogens (tertiary/aromatic N) is 1. The molecule has 0 aromatic heterocycles. The fourth-order valence-electron chi connectivity index (χ4n) is 1.53. The number of aliphatic carboxylic acids is 1. The quantitative estimate of drug-likeness (QED) is 0.687. The number of carbonyl (C=O) groups excluding carboxylic acids is 1. The second-order valence-corrected chi connectivity index (χ2v) is 3.97. The van der Waals surface area contributed by atoms with Gasteiger partial charge in [0.25, 0.3) is 0 Å². The second kappa shape index (κ2) is 5.11. The number of ether oxygens (including phenoxy) is 1. The van der Waals surface area contributed by atoms with Gasteiger partial charge in [0.05, 0.1) is 6.61 Å². The van der Waals surface area contributed by atoms with Gasteiger partial charge >= 0.3 is 5.97 Å². The first-order chi connectivity index (χ1) is 7.06. The Morgan fingerprint density at radius 2 is 2.13 bits per heavy atom. The van der Waals surface area contributed by atoms with Crippen molar-refractivity contribution in [3.8, 4) is 0 Å². The van der Waals surface area contributed by atoms with Crippen molar-refractivity contribution in [2.45, 2.75) is 13.3 Å². The lowest BCUT2D eigenvalue weighted by molar-refractivity contribution is -0.145. The SMILES string of the molecule is COCCN(CC(=O)O)C(=O)C1CC1C. The molecule has 5 heteroatoms. The maximum Gasteiger partial charge on any atom is 0.323 e. The molecule has 1 aliphatic carbocycles. The van der Waals surface area contributed by atoms with Crippen molar-refractivity contribution in [1.82, 2.24) is 4.90 Å². The summed E-state index contributed by atoms with van der Waals surface area (Å²) in [6.45, 7) is 2.49. The van der Waals surface area contributed by atoms with Crippen LogP contribution in [0.3, 0.4) is 0 Å². The first-order valence-electron chi connectivity index (χ1n) is 5.05. The molecule has 0 saturated heterocycles. The van der Waals surface area contributed by atoms with Crippen LogP contribution in [0.5, 0.6) is 0 Å². The molecule has 2 unspecified atom stereocenters. The molecule has 1 N–H and O–H groups in total. The van der Waals surface area contributed by atoms with E-state index >= 15 is 0 Å². The van der Waals surface area contributed by atoms with Gasteiger partial charge in [0.2, 0.25) is 5.91 Å². The summed E-state index contributed by atoms with van der Waals surface area (Å²) in [5, 5.41) is 8.67. The highest BCUT2D eigenvalue weighted by molar-refractivity contribution is 5.85.